The fourth-order valence-corrected chi connectivity index (χ4v) is 2.16. The Morgan fingerprint density at radius 1 is 1.03 bits per heavy atom. The summed E-state index contributed by atoms with van der Waals surface area (Å²) < 4.78 is 9.70. The topological polar surface area (TPSA) is 125 Å². The van der Waals surface area contributed by atoms with E-state index in [1.807, 2.05) is 0 Å². The minimum atomic E-state index is -0.740. The van der Waals surface area contributed by atoms with Gasteiger partial charge >= 0.3 is 11.9 Å². The molecule has 9 heteroatoms. The zero-order valence-corrected chi connectivity index (χ0v) is 15.5. The van der Waals surface area contributed by atoms with Gasteiger partial charge in [0.25, 0.3) is 11.6 Å². The number of non-ortho nitro benzene ring substituents is 1. The van der Waals surface area contributed by atoms with Crippen molar-refractivity contribution in [1.29, 1.82) is 0 Å². The van der Waals surface area contributed by atoms with Gasteiger partial charge in [-0.25, -0.2) is 9.59 Å². The fourth-order valence-electron chi connectivity index (χ4n) is 2.16. The van der Waals surface area contributed by atoms with Crippen LogP contribution in [0.4, 0.5) is 11.4 Å². The molecule has 0 heterocycles. The smallest absolute Gasteiger partial charge is 0.338 e. The molecule has 2 aromatic carbocycles. The summed E-state index contributed by atoms with van der Waals surface area (Å²) in [4.78, 5) is 45.2. The number of nitro groups is 1. The van der Waals surface area contributed by atoms with Gasteiger partial charge in [0.2, 0.25) is 0 Å². The van der Waals surface area contributed by atoms with Crippen LogP contribution in [0.3, 0.4) is 0 Å². The van der Waals surface area contributed by atoms with Crippen molar-refractivity contribution in [2.24, 2.45) is 0 Å². The molecule has 0 fully saturated rings. The molecule has 0 saturated heterocycles. The first-order valence-corrected chi connectivity index (χ1v) is 8.55. The lowest BCUT2D eigenvalue weighted by molar-refractivity contribution is -0.384. The molecular weight excluding hydrogens is 380 g/mol. The van der Waals surface area contributed by atoms with E-state index in [1.165, 1.54) is 54.6 Å². The average Bonchev–Trinajstić information content (AvgIpc) is 2.71. The zero-order valence-electron chi connectivity index (χ0n) is 15.5. The van der Waals surface area contributed by atoms with E-state index in [2.05, 4.69) is 5.32 Å². The second kappa shape index (κ2) is 10.4. The standard InChI is InChI=1S/C20H18N2O7/c1-2-28-20(25)15-6-8-16(9-7-15)21-18(23)13-29-19(24)12-5-14-3-10-17(11-4-14)22(26)27/h3-12H,2,13H2,1H3,(H,21,23). The Kier molecular flexibility index (Phi) is 7.60. The summed E-state index contributed by atoms with van der Waals surface area (Å²) in [7, 11) is 0. The van der Waals surface area contributed by atoms with E-state index in [4.69, 9.17) is 9.47 Å². The van der Waals surface area contributed by atoms with Gasteiger partial charge in [0, 0.05) is 23.9 Å². The molecular formula is C20H18N2O7. The number of amides is 1. The van der Waals surface area contributed by atoms with Crippen LogP contribution in [0.15, 0.2) is 54.6 Å². The number of ether oxygens (including phenoxy) is 2. The minimum Gasteiger partial charge on any atom is -0.462 e. The molecule has 150 valence electrons. The third kappa shape index (κ3) is 6.90. The number of nitrogens with zero attached hydrogens (tertiary/aromatic N) is 1. The highest BCUT2D eigenvalue weighted by Gasteiger charge is 2.09. The molecule has 2 aromatic rings. The summed E-state index contributed by atoms with van der Waals surface area (Å²) in [5.41, 5.74) is 1.29. The van der Waals surface area contributed by atoms with Gasteiger partial charge in [0.05, 0.1) is 17.1 Å². The Bertz CT molecular complexity index is 919. The summed E-state index contributed by atoms with van der Waals surface area (Å²) in [5.74, 6) is -1.75. The second-order valence-electron chi connectivity index (χ2n) is 5.64. The fraction of sp³-hybridized carbons (Fsp3) is 0.150. The maximum Gasteiger partial charge on any atom is 0.338 e. The number of esters is 2. The minimum absolute atomic E-state index is 0.0586. The van der Waals surface area contributed by atoms with E-state index in [0.29, 0.717) is 16.8 Å². The number of hydrogen-bond acceptors (Lipinski definition) is 7. The largest absolute Gasteiger partial charge is 0.462 e. The van der Waals surface area contributed by atoms with Crippen molar-refractivity contribution in [2.75, 3.05) is 18.5 Å². The molecule has 0 saturated carbocycles. The highest BCUT2D eigenvalue weighted by Crippen LogP contribution is 2.13. The van der Waals surface area contributed by atoms with E-state index in [1.54, 1.807) is 6.92 Å². The van der Waals surface area contributed by atoms with Crippen LogP contribution >= 0.6 is 0 Å². The molecule has 1 amide bonds. The SMILES string of the molecule is CCOC(=O)c1ccc(NC(=O)COC(=O)C=Cc2ccc([N+](=O)[O-])cc2)cc1. The Morgan fingerprint density at radius 2 is 1.69 bits per heavy atom. The molecule has 0 aliphatic carbocycles. The number of anilines is 1. The number of nitro benzene ring substituents is 1. The van der Waals surface area contributed by atoms with E-state index in [9.17, 15) is 24.5 Å². The van der Waals surface area contributed by atoms with Gasteiger partial charge in [0.15, 0.2) is 6.61 Å². The molecule has 29 heavy (non-hydrogen) atoms. The summed E-state index contributed by atoms with van der Waals surface area (Å²) in [5, 5.41) is 13.1. The molecule has 1 N–H and O–H groups in total. The lowest BCUT2D eigenvalue weighted by Gasteiger charge is -2.06. The van der Waals surface area contributed by atoms with E-state index < -0.39 is 29.4 Å². The van der Waals surface area contributed by atoms with Crippen molar-refractivity contribution in [3.63, 3.8) is 0 Å². The van der Waals surface area contributed by atoms with Gasteiger partial charge in [0.1, 0.15) is 0 Å². The summed E-state index contributed by atoms with van der Waals surface area (Å²) in [6.07, 6.45) is 2.53. The van der Waals surface area contributed by atoms with Gasteiger partial charge in [-0.15, -0.1) is 0 Å². The monoisotopic (exact) mass is 398 g/mol. The van der Waals surface area contributed by atoms with Crippen molar-refractivity contribution in [3.8, 4) is 0 Å². The van der Waals surface area contributed by atoms with Gasteiger partial charge in [-0.1, -0.05) is 0 Å². The van der Waals surface area contributed by atoms with E-state index in [0.717, 1.165) is 6.08 Å². The molecule has 0 atom stereocenters. The summed E-state index contributed by atoms with van der Waals surface area (Å²) in [6, 6.07) is 11.7. The van der Waals surface area contributed by atoms with Crippen molar-refractivity contribution < 1.29 is 28.8 Å². The van der Waals surface area contributed by atoms with Crippen molar-refractivity contribution >= 4 is 35.3 Å². The predicted molar refractivity (Wildman–Crippen MR) is 104 cm³/mol. The Morgan fingerprint density at radius 3 is 2.28 bits per heavy atom. The van der Waals surface area contributed by atoms with Gasteiger partial charge in [-0.2, -0.15) is 0 Å². The number of hydrogen-bond donors (Lipinski definition) is 1. The molecule has 9 nitrogen and oxygen atoms in total. The Balaban J connectivity index is 1.80. The van der Waals surface area contributed by atoms with Crippen LogP contribution in [-0.4, -0.2) is 36.0 Å². The molecule has 0 aliphatic heterocycles. The van der Waals surface area contributed by atoms with Gasteiger partial charge < -0.3 is 14.8 Å². The first kappa shape index (κ1) is 21.3. The number of nitrogens with one attached hydrogen (secondary N) is 1. The van der Waals surface area contributed by atoms with Crippen LogP contribution in [0, 0.1) is 10.1 Å². The van der Waals surface area contributed by atoms with Crippen LogP contribution < -0.4 is 5.32 Å². The first-order chi connectivity index (χ1) is 13.9. The van der Waals surface area contributed by atoms with Crippen molar-refractivity contribution in [3.05, 3.63) is 75.8 Å². The third-order valence-electron chi connectivity index (χ3n) is 3.54. The van der Waals surface area contributed by atoms with Crippen molar-refractivity contribution in [1.82, 2.24) is 0 Å². The lowest BCUT2D eigenvalue weighted by Crippen LogP contribution is -2.20. The van der Waals surface area contributed by atoms with Gasteiger partial charge in [-0.3, -0.25) is 14.9 Å². The maximum absolute atomic E-state index is 11.8. The number of rotatable bonds is 8. The van der Waals surface area contributed by atoms with Crippen LogP contribution in [0.25, 0.3) is 6.08 Å². The highest BCUT2D eigenvalue weighted by molar-refractivity contribution is 5.95. The Labute approximate surface area is 166 Å². The number of benzene rings is 2. The van der Waals surface area contributed by atoms with Crippen molar-refractivity contribution in [2.45, 2.75) is 6.92 Å². The maximum atomic E-state index is 11.8. The predicted octanol–water partition coefficient (Wildman–Crippen LogP) is 2.97. The van der Waals surface area contributed by atoms with E-state index in [-0.39, 0.29) is 12.3 Å². The van der Waals surface area contributed by atoms with Crippen LogP contribution in [0.1, 0.15) is 22.8 Å². The zero-order chi connectivity index (χ0) is 21.2. The average molecular weight is 398 g/mol. The molecule has 0 aliphatic rings. The van der Waals surface area contributed by atoms with Crippen LogP contribution in [-0.2, 0) is 19.1 Å². The highest BCUT2D eigenvalue weighted by atomic mass is 16.6. The number of carbonyl (C=O) groups excluding carboxylic acids is 3. The third-order valence-corrected chi connectivity index (χ3v) is 3.54. The molecule has 0 bridgehead atoms. The molecule has 0 radical (unpaired) electrons. The van der Waals surface area contributed by atoms with Crippen LogP contribution in [0.2, 0.25) is 0 Å². The normalized spacial score (nSPS) is 10.4. The first-order valence-electron chi connectivity index (χ1n) is 8.55. The summed E-state index contributed by atoms with van der Waals surface area (Å²) in [6.45, 7) is 1.47. The van der Waals surface area contributed by atoms with Gasteiger partial charge in [-0.05, 0) is 55.0 Å². The molecule has 0 unspecified atom stereocenters. The Hall–Kier alpha value is -4.01. The van der Waals surface area contributed by atoms with E-state index >= 15 is 0 Å². The quantitative estimate of drug-likeness (QED) is 0.314. The molecule has 0 aromatic heterocycles. The summed E-state index contributed by atoms with van der Waals surface area (Å²) >= 11 is 0. The second-order valence-corrected chi connectivity index (χ2v) is 5.64. The molecule has 0 spiro atoms. The number of carbonyl (C=O) groups is 3. The lowest BCUT2D eigenvalue weighted by atomic mass is 10.2. The van der Waals surface area contributed by atoms with Crippen LogP contribution in [0.5, 0.6) is 0 Å². The molecule has 2 rings (SSSR count).